The summed E-state index contributed by atoms with van der Waals surface area (Å²) in [6.07, 6.45) is 0. The number of carbonyl (C=O) groups is 1. The quantitative estimate of drug-likeness (QED) is 0.809. The van der Waals surface area contributed by atoms with Crippen LogP contribution < -0.4 is 20.1 Å². The standard InChI is InChI=1S/C20H26N2O3/c1-13-6-8-17(14(2)10-13)22-15(3)20(23)21-12-16-7-9-18(24-4)19(11-16)25-5/h6-11,15,22H,12H2,1-5H3,(H,21,23). The highest BCUT2D eigenvalue weighted by Crippen LogP contribution is 2.27. The number of amides is 1. The van der Waals surface area contributed by atoms with Crippen molar-refractivity contribution < 1.29 is 14.3 Å². The minimum absolute atomic E-state index is 0.0604. The number of carbonyl (C=O) groups excluding carboxylic acids is 1. The van der Waals surface area contributed by atoms with Crippen molar-refractivity contribution in [2.24, 2.45) is 0 Å². The van der Waals surface area contributed by atoms with Crippen molar-refractivity contribution in [2.75, 3.05) is 19.5 Å². The fourth-order valence-electron chi connectivity index (χ4n) is 2.61. The zero-order valence-corrected chi connectivity index (χ0v) is 15.5. The van der Waals surface area contributed by atoms with Gasteiger partial charge in [-0.15, -0.1) is 0 Å². The molecule has 5 heteroatoms. The summed E-state index contributed by atoms with van der Waals surface area (Å²) in [5.74, 6) is 1.26. The van der Waals surface area contributed by atoms with E-state index in [2.05, 4.69) is 23.6 Å². The van der Waals surface area contributed by atoms with E-state index in [1.165, 1.54) is 5.56 Å². The minimum Gasteiger partial charge on any atom is -0.493 e. The van der Waals surface area contributed by atoms with Gasteiger partial charge in [0.15, 0.2) is 11.5 Å². The van der Waals surface area contributed by atoms with E-state index in [9.17, 15) is 4.79 Å². The molecule has 2 rings (SSSR count). The third-order valence-corrected chi connectivity index (χ3v) is 4.06. The second kappa shape index (κ2) is 8.42. The van der Waals surface area contributed by atoms with Gasteiger partial charge in [0.2, 0.25) is 5.91 Å². The second-order valence-electron chi connectivity index (χ2n) is 6.09. The summed E-state index contributed by atoms with van der Waals surface area (Å²) >= 11 is 0. The van der Waals surface area contributed by atoms with Crippen LogP contribution in [0.5, 0.6) is 11.5 Å². The van der Waals surface area contributed by atoms with Gasteiger partial charge in [0.1, 0.15) is 6.04 Å². The molecule has 0 bridgehead atoms. The first-order valence-electron chi connectivity index (χ1n) is 8.27. The molecule has 5 nitrogen and oxygen atoms in total. The molecule has 134 valence electrons. The van der Waals surface area contributed by atoms with Gasteiger partial charge in [-0.2, -0.15) is 0 Å². The van der Waals surface area contributed by atoms with Crippen LogP contribution in [0.25, 0.3) is 0 Å². The summed E-state index contributed by atoms with van der Waals surface area (Å²) in [4.78, 5) is 12.3. The number of methoxy groups -OCH3 is 2. The molecule has 2 aromatic rings. The van der Waals surface area contributed by atoms with Gasteiger partial charge in [0, 0.05) is 12.2 Å². The van der Waals surface area contributed by atoms with E-state index in [1.807, 2.05) is 44.2 Å². The average Bonchev–Trinajstić information content (AvgIpc) is 2.61. The van der Waals surface area contributed by atoms with E-state index in [1.54, 1.807) is 14.2 Å². The van der Waals surface area contributed by atoms with E-state index in [0.717, 1.165) is 16.8 Å². The number of hydrogen-bond donors (Lipinski definition) is 2. The highest BCUT2D eigenvalue weighted by atomic mass is 16.5. The third kappa shape index (κ3) is 4.89. The van der Waals surface area contributed by atoms with Crippen molar-refractivity contribution >= 4 is 11.6 Å². The molecule has 0 aliphatic carbocycles. The number of ether oxygens (including phenoxy) is 2. The molecule has 2 N–H and O–H groups in total. The maximum absolute atomic E-state index is 12.3. The molecule has 0 radical (unpaired) electrons. The zero-order chi connectivity index (χ0) is 18.4. The van der Waals surface area contributed by atoms with Crippen molar-refractivity contribution in [2.45, 2.75) is 33.4 Å². The number of hydrogen-bond acceptors (Lipinski definition) is 4. The summed E-state index contributed by atoms with van der Waals surface area (Å²) in [5.41, 5.74) is 4.25. The van der Waals surface area contributed by atoms with Crippen LogP contribution in [0.4, 0.5) is 5.69 Å². The number of anilines is 1. The van der Waals surface area contributed by atoms with Gasteiger partial charge in [-0.3, -0.25) is 4.79 Å². The van der Waals surface area contributed by atoms with Crippen LogP contribution >= 0.6 is 0 Å². The summed E-state index contributed by atoms with van der Waals surface area (Å²) in [6, 6.07) is 11.4. The van der Waals surface area contributed by atoms with Gasteiger partial charge in [-0.1, -0.05) is 23.8 Å². The molecule has 0 saturated carbocycles. The zero-order valence-electron chi connectivity index (χ0n) is 15.5. The summed E-state index contributed by atoms with van der Waals surface area (Å²) in [6.45, 7) is 6.36. The van der Waals surface area contributed by atoms with E-state index in [-0.39, 0.29) is 11.9 Å². The molecule has 0 saturated heterocycles. The predicted molar refractivity (Wildman–Crippen MR) is 100 cm³/mol. The van der Waals surface area contributed by atoms with Gasteiger partial charge in [-0.05, 0) is 50.1 Å². The summed E-state index contributed by atoms with van der Waals surface area (Å²) in [7, 11) is 3.19. The van der Waals surface area contributed by atoms with Gasteiger partial charge in [-0.25, -0.2) is 0 Å². The van der Waals surface area contributed by atoms with Crippen LogP contribution in [0.2, 0.25) is 0 Å². The summed E-state index contributed by atoms with van der Waals surface area (Å²) in [5, 5.41) is 6.20. The Morgan fingerprint density at radius 2 is 1.76 bits per heavy atom. The van der Waals surface area contributed by atoms with Crippen LogP contribution in [-0.2, 0) is 11.3 Å². The lowest BCUT2D eigenvalue weighted by molar-refractivity contribution is -0.121. The Morgan fingerprint density at radius 1 is 1.04 bits per heavy atom. The molecule has 1 amide bonds. The van der Waals surface area contributed by atoms with E-state index in [4.69, 9.17) is 9.47 Å². The maximum Gasteiger partial charge on any atom is 0.242 e. The first-order valence-corrected chi connectivity index (χ1v) is 8.27. The molecule has 25 heavy (non-hydrogen) atoms. The Morgan fingerprint density at radius 3 is 2.40 bits per heavy atom. The van der Waals surface area contributed by atoms with E-state index in [0.29, 0.717) is 18.0 Å². The van der Waals surface area contributed by atoms with Crippen molar-refractivity contribution in [1.82, 2.24) is 5.32 Å². The second-order valence-corrected chi connectivity index (χ2v) is 6.09. The fraction of sp³-hybridized carbons (Fsp3) is 0.350. The minimum atomic E-state index is -0.332. The Bertz CT molecular complexity index is 744. The predicted octanol–water partition coefficient (Wildman–Crippen LogP) is 3.44. The lowest BCUT2D eigenvalue weighted by Crippen LogP contribution is -2.37. The molecular formula is C20H26N2O3. The molecular weight excluding hydrogens is 316 g/mol. The van der Waals surface area contributed by atoms with Crippen LogP contribution in [0.15, 0.2) is 36.4 Å². The van der Waals surface area contributed by atoms with Gasteiger partial charge in [0.25, 0.3) is 0 Å². The molecule has 1 atom stereocenters. The van der Waals surface area contributed by atoms with Crippen molar-refractivity contribution in [3.63, 3.8) is 0 Å². The Labute approximate surface area is 149 Å². The maximum atomic E-state index is 12.3. The average molecular weight is 342 g/mol. The van der Waals surface area contributed by atoms with Gasteiger partial charge < -0.3 is 20.1 Å². The molecule has 0 aromatic heterocycles. The molecule has 0 fully saturated rings. The Kier molecular flexibility index (Phi) is 6.28. The number of benzene rings is 2. The summed E-state index contributed by atoms with van der Waals surface area (Å²) < 4.78 is 10.5. The smallest absolute Gasteiger partial charge is 0.242 e. The molecule has 0 spiro atoms. The highest BCUT2D eigenvalue weighted by molar-refractivity contribution is 5.84. The van der Waals surface area contributed by atoms with Gasteiger partial charge >= 0.3 is 0 Å². The monoisotopic (exact) mass is 342 g/mol. The molecule has 0 heterocycles. The van der Waals surface area contributed by atoms with Crippen LogP contribution in [0, 0.1) is 13.8 Å². The van der Waals surface area contributed by atoms with Gasteiger partial charge in [0.05, 0.1) is 14.2 Å². The van der Waals surface area contributed by atoms with Crippen molar-refractivity contribution in [3.8, 4) is 11.5 Å². The fourth-order valence-corrected chi connectivity index (χ4v) is 2.61. The van der Waals surface area contributed by atoms with Crippen LogP contribution in [0.1, 0.15) is 23.6 Å². The van der Waals surface area contributed by atoms with Crippen LogP contribution in [0.3, 0.4) is 0 Å². The molecule has 0 aliphatic heterocycles. The third-order valence-electron chi connectivity index (χ3n) is 4.06. The van der Waals surface area contributed by atoms with E-state index < -0.39 is 0 Å². The van der Waals surface area contributed by atoms with Crippen molar-refractivity contribution in [3.05, 3.63) is 53.1 Å². The number of rotatable bonds is 7. The van der Waals surface area contributed by atoms with E-state index >= 15 is 0 Å². The SMILES string of the molecule is COc1ccc(CNC(=O)C(C)Nc2ccc(C)cc2C)cc1OC. The Balaban J connectivity index is 1.95. The first kappa shape index (κ1) is 18.6. The topological polar surface area (TPSA) is 59.6 Å². The lowest BCUT2D eigenvalue weighted by atomic mass is 10.1. The normalized spacial score (nSPS) is 11.6. The molecule has 1 unspecified atom stereocenters. The lowest BCUT2D eigenvalue weighted by Gasteiger charge is -2.17. The highest BCUT2D eigenvalue weighted by Gasteiger charge is 2.14. The Hall–Kier alpha value is -2.69. The van der Waals surface area contributed by atoms with Crippen LogP contribution in [-0.4, -0.2) is 26.2 Å². The van der Waals surface area contributed by atoms with Crippen molar-refractivity contribution in [1.29, 1.82) is 0 Å². The molecule has 2 aromatic carbocycles. The first-order chi connectivity index (χ1) is 11.9. The number of nitrogens with one attached hydrogen (secondary N) is 2. The molecule has 0 aliphatic rings. The largest absolute Gasteiger partial charge is 0.493 e. The number of aryl methyl sites for hydroxylation is 2.